The van der Waals surface area contributed by atoms with Gasteiger partial charge in [0.1, 0.15) is 11.4 Å². The third kappa shape index (κ3) is 5.87. The zero-order chi connectivity index (χ0) is 28.4. The van der Waals surface area contributed by atoms with Gasteiger partial charge in [-0.25, -0.2) is 4.98 Å². The summed E-state index contributed by atoms with van der Waals surface area (Å²) in [5.74, 6) is 2.04. The fourth-order valence-electron chi connectivity index (χ4n) is 6.22. The third-order valence-electron chi connectivity index (χ3n) is 8.72. The number of amides is 2. The Morgan fingerprint density at radius 3 is 2.50 bits per heavy atom. The second kappa shape index (κ2) is 12.0. The maximum absolute atomic E-state index is 13.1. The standard InChI is InChI=1S/C30H43N7O3/c1-19(2)24-17-27(38)36(4)25-18-31-30(34-28(25)37(24)22-8-6-7-9-22)33-23-11-10-20(16-26(23)40-5)29(39)32-21-12-14-35(3)15-13-21/h10-11,16,18-19,21-22,24H,6-9,12-15,17H2,1-5H3,(H,32,39)(H,31,33,34). The SMILES string of the molecule is COc1cc(C(=O)NC2CCN(C)CC2)ccc1Nc1ncc2c(n1)N(C1CCCC1)C(C(C)C)CC(=O)N2C. The minimum atomic E-state index is -0.0969. The molecule has 40 heavy (non-hydrogen) atoms. The number of nitrogens with zero attached hydrogens (tertiary/aromatic N) is 5. The van der Waals surface area contributed by atoms with Crippen LogP contribution < -0.4 is 25.2 Å². The van der Waals surface area contributed by atoms with Crippen LogP contribution in [0.25, 0.3) is 0 Å². The number of nitrogens with one attached hydrogen (secondary N) is 2. The molecule has 3 aliphatic rings. The number of fused-ring (bicyclic) bond motifs is 1. The Morgan fingerprint density at radius 1 is 1.10 bits per heavy atom. The number of carbonyl (C=O) groups is 2. The van der Waals surface area contributed by atoms with Crippen LogP contribution in [0.5, 0.6) is 5.75 Å². The predicted molar refractivity (Wildman–Crippen MR) is 158 cm³/mol. The molecular formula is C30H43N7O3. The predicted octanol–water partition coefficient (Wildman–Crippen LogP) is 4.19. The molecule has 2 fully saturated rings. The van der Waals surface area contributed by atoms with Gasteiger partial charge in [0, 0.05) is 37.2 Å². The molecule has 2 N–H and O–H groups in total. The van der Waals surface area contributed by atoms with Crippen LogP contribution in [-0.2, 0) is 4.79 Å². The van der Waals surface area contributed by atoms with Crippen molar-refractivity contribution in [2.75, 3.05) is 49.4 Å². The van der Waals surface area contributed by atoms with Crippen molar-refractivity contribution in [2.24, 2.45) is 5.92 Å². The molecule has 3 heterocycles. The molecule has 1 atom stereocenters. The average Bonchev–Trinajstić information content (AvgIpc) is 3.45. The molecular weight excluding hydrogens is 506 g/mol. The summed E-state index contributed by atoms with van der Waals surface area (Å²) in [6, 6.07) is 5.98. The molecule has 1 unspecified atom stereocenters. The minimum absolute atomic E-state index is 0.0685. The maximum atomic E-state index is 13.1. The lowest BCUT2D eigenvalue weighted by atomic mass is 9.96. The van der Waals surface area contributed by atoms with Crippen LogP contribution in [0.15, 0.2) is 24.4 Å². The topological polar surface area (TPSA) is 103 Å². The van der Waals surface area contributed by atoms with Crippen molar-refractivity contribution in [2.45, 2.75) is 76.9 Å². The average molecular weight is 550 g/mol. The van der Waals surface area contributed by atoms with Crippen molar-refractivity contribution in [3.8, 4) is 5.75 Å². The van der Waals surface area contributed by atoms with Crippen molar-refractivity contribution >= 4 is 35.0 Å². The van der Waals surface area contributed by atoms with E-state index in [-0.39, 0.29) is 23.9 Å². The van der Waals surface area contributed by atoms with Gasteiger partial charge in [0.15, 0.2) is 5.82 Å². The highest BCUT2D eigenvalue weighted by Crippen LogP contribution is 2.40. The van der Waals surface area contributed by atoms with Gasteiger partial charge in [-0.05, 0) is 69.9 Å². The Balaban J connectivity index is 1.41. The summed E-state index contributed by atoms with van der Waals surface area (Å²) in [7, 11) is 5.51. The molecule has 2 aromatic rings. The molecule has 0 bridgehead atoms. The van der Waals surface area contributed by atoms with E-state index in [1.165, 1.54) is 12.8 Å². The van der Waals surface area contributed by atoms with Crippen LogP contribution in [0.1, 0.15) is 69.2 Å². The molecule has 1 aliphatic carbocycles. The van der Waals surface area contributed by atoms with Crippen LogP contribution >= 0.6 is 0 Å². The van der Waals surface area contributed by atoms with Gasteiger partial charge in [-0.15, -0.1) is 0 Å². The smallest absolute Gasteiger partial charge is 0.251 e. The lowest BCUT2D eigenvalue weighted by Gasteiger charge is -2.38. The number of ether oxygens (including phenoxy) is 1. The van der Waals surface area contributed by atoms with Gasteiger partial charge in [0.2, 0.25) is 11.9 Å². The second-order valence-corrected chi connectivity index (χ2v) is 11.8. The van der Waals surface area contributed by atoms with E-state index >= 15 is 0 Å². The number of piperidine rings is 1. The van der Waals surface area contributed by atoms with Crippen molar-refractivity contribution in [3.05, 3.63) is 30.0 Å². The molecule has 2 aliphatic heterocycles. The number of hydrogen-bond acceptors (Lipinski definition) is 8. The van der Waals surface area contributed by atoms with E-state index < -0.39 is 0 Å². The number of anilines is 4. The zero-order valence-corrected chi connectivity index (χ0v) is 24.4. The monoisotopic (exact) mass is 549 g/mol. The lowest BCUT2D eigenvalue weighted by Crippen LogP contribution is -2.46. The normalized spacial score (nSPS) is 20.9. The van der Waals surface area contributed by atoms with E-state index in [0.29, 0.717) is 41.3 Å². The van der Waals surface area contributed by atoms with Gasteiger partial charge in [-0.1, -0.05) is 26.7 Å². The van der Waals surface area contributed by atoms with E-state index in [0.717, 1.165) is 50.3 Å². The Labute approximate surface area is 237 Å². The summed E-state index contributed by atoms with van der Waals surface area (Å²) in [6.07, 6.45) is 8.68. The van der Waals surface area contributed by atoms with E-state index in [2.05, 4.69) is 46.3 Å². The Kier molecular flexibility index (Phi) is 8.44. The highest BCUT2D eigenvalue weighted by molar-refractivity contribution is 5.98. The summed E-state index contributed by atoms with van der Waals surface area (Å²) in [5, 5.41) is 6.48. The molecule has 0 radical (unpaired) electrons. The molecule has 1 saturated heterocycles. The summed E-state index contributed by atoms with van der Waals surface area (Å²) < 4.78 is 5.66. The molecule has 1 saturated carbocycles. The van der Waals surface area contributed by atoms with E-state index in [1.54, 1.807) is 30.3 Å². The van der Waals surface area contributed by atoms with Gasteiger partial charge < -0.3 is 30.1 Å². The zero-order valence-electron chi connectivity index (χ0n) is 24.4. The Bertz CT molecular complexity index is 1220. The summed E-state index contributed by atoms with van der Waals surface area (Å²) in [5.41, 5.74) is 1.96. The van der Waals surface area contributed by atoms with Crippen LogP contribution in [0.2, 0.25) is 0 Å². The summed E-state index contributed by atoms with van der Waals surface area (Å²) >= 11 is 0. The lowest BCUT2D eigenvalue weighted by molar-refractivity contribution is -0.118. The first-order valence-electron chi connectivity index (χ1n) is 14.6. The molecule has 1 aromatic heterocycles. The number of methoxy groups -OCH3 is 1. The van der Waals surface area contributed by atoms with Crippen molar-refractivity contribution < 1.29 is 14.3 Å². The van der Waals surface area contributed by atoms with Crippen LogP contribution in [0, 0.1) is 5.92 Å². The molecule has 10 heteroatoms. The largest absolute Gasteiger partial charge is 0.495 e. The number of carbonyl (C=O) groups excluding carboxylic acids is 2. The van der Waals surface area contributed by atoms with Gasteiger partial charge in [-0.2, -0.15) is 4.98 Å². The van der Waals surface area contributed by atoms with Crippen LogP contribution in [0.3, 0.4) is 0 Å². The fourth-order valence-corrected chi connectivity index (χ4v) is 6.22. The molecule has 10 nitrogen and oxygen atoms in total. The molecule has 2 amide bonds. The fraction of sp³-hybridized carbons (Fsp3) is 0.600. The maximum Gasteiger partial charge on any atom is 0.251 e. The highest BCUT2D eigenvalue weighted by atomic mass is 16.5. The van der Waals surface area contributed by atoms with E-state index in [4.69, 9.17) is 9.72 Å². The molecule has 1 aromatic carbocycles. The van der Waals surface area contributed by atoms with Crippen LogP contribution in [0.4, 0.5) is 23.1 Å². The summed E-state index contributed by atoms with van der Waals surface area (Å²) in [4.78, 5) is 42.0. The summed E-state index contributed by atoms with van der Waals surface area (Å²) in [6.45, 7) is 6.33. The number of aromatic nitrogens is 2. The van der Waals surface area contributed by atoms with E-state index in [9.17, 15) is 9.59 Å². The van der Waals surface area contributed by atoms with Crippen molar-refractivity contribution in [3.63, 3.8) is 0 Å². The Morgan fingerprint density at radius 2 is 1.82 bits per heavy atom. The minimum Gasteiger partial charge on any atom is -0.495 e. The number of rotatable bonds is 7. The van der Waals surface area contributed by atoms with E-state index in [1.807, 2.05) is 13.1 Å². The highest BCUT2D eigenvalue weighted by Gasteiger charge is 2.39. The van der Waals surface area contributed by atoms with Gasteiger partial charge in [-0.3, -0.25) is 9.59 Å². The molecule has 0 spiro atoms. The molecule has 5 rings (SSSR count). The van der Waals surface area contributed by atoms with Gasteiger partial charge >= 0.3 is 0 Å². The van der Waals surface area contributed by atoms with Crippen LogP contribution in [-0.4, -0.2) is 79.1 Å². The number of likely N-dealkylation sites (tertiary alicyclic amines) is 1. The van der Waals surface area contributed by atoms with Gasteiger partial charge in [0.25, 0.3) is 5.91 Å². The number of benzene rings is 1. The first-order valence-corrected chi connectivity index (χ1v) is 14.6. The Hall–Kier alpha value is -3.40. The van der Waals surface area contributed by atoms with Crippen molar-refractivity contribution in [1.82, 2.24) is 20.2 Å². The number of hydrogen-bond donors (Lipinski definition) is 2. The van der Waals surface area contributed by atoms with Gasteiger partial charge in [0.05, 0.1) is 19.0 Å². The first-order chi connectivity index (χ1) is 19.2. The first kappa shape index (κ1) is 28.1. The third-order valence-corrected chi connectivity index (χ3v) is 8.72. The second-order valence-electron chi connectivity index (χ2n) is 11.8. The molecule has 216 valence electrons. The quantitative estimate of drug-likeness (QED) is 0.530. The van der Waals surface area contributed by atoms with Crippen molar-refractivity contribution in [1.29, 1.82) is 0 Å².